The van der Waals surface area contributed by atoms with Gasteiger partial charge in [0, 0.05) is 72.8 Å². The van der Waals surface area contributed by atoms with Crippen LogP contribution in [0.3, 0.4) is 0 Å². The minimum Gasteiger partial charge on any atom is -0.481 e. The zero-order valence-electron chi connectivity index (χ0n) is 28.4. The first-order valence-electron chi connectivity index (χ1n) is 17.3. The molecule has 0 aliphatic carbocycles. The van der Waals surface area contributed by atoms with Crippen LogP contribution in [0.5, 0.6) is 0 Å². The molecule has 0 radical (unpaired) electrons. The zero-order chi connectivity index (χ0) is 34.4. The summed E-state index contributed by atoms with van der Waals surface area (Å²) in [5.74, 6) is -0.299. The molecule has 0 spiro atoms. The second kappa shape index (κ2) is 13.3. The lowest BCUT2D eigenvalue weighted by molar-refractivity contribution is -0.141. The first-order chi connectivity index (χ1) is 24.3. The Bertz CT molecular complexity index is 2230. The summed E-state index contributed by atoms with van der Waals surface area (Å²) < 4.78 is 0. The van der Waals surface area contributed by atoms with Crippen molar-refractivity contribution < 1.29 is 15.0 Å². The average molecular weight is 668 g/mol. The molecule has 0 amide bonds. The fraction of sp³-hybridized carbons (Fsp3) is 0.300. The second-order valence-electron chi connectivity index (χ2n) is 13.8. The van der Waals surface area contributed by atoms with Crippen LogP contribution in [0.15, 0.2) is 79.1 Å². The number of carboxylic acids is 1. The SMILES string of the molecule is Cc1c(Nc2nccc3cc(CN4CC[C@@H](O)C4)cnc23)cccc1-c1cccc(-c2cc3ccc(CN4CCC(C(=O)O)C4)nc3[nH]2)c1C. The monoisotopic (exact) mass is 667 g/mol. The molecule has 6 heterocycles. The number of aliphatic carboxylic acids is 1. The molecule has 10 heteroatoms. The van der Waals surface area contributed by atoms with Crippen molar-refractivity contribution >= 4 is 39.4 Å². The summed E-state index contributed by atoms with van der Waals surface area (Å²) in [4.78, 5) is 33.8. The molecule has 0 bridgehead atoms. The zero-order valence-corrected chi connectivity index (χ0v) is 28.4. The highest BCUT2D eigenvalue weighted by Crippen LogP contribution is 2.37. The molecule has 254 valence electrons. The van der Waals surface area contributed by atoms with Gasteiger partial charge in [0.15, 0.2) is 5.82 Å². The highest BCUT2D eigenvalue weighted by Gasteiger charge is 2.28. The van der Waals surface area contributed by atoms with Crippen molar-refractivity contribution in [2.45, 2.75) is 45.9 Å². The van der Waals surface area contributed by atoms with Crippen LogP contribution in [0, 0.1) is 19.8 Å². The van der Waals surface area contributed by atoms with E-state index in [0.29, 0.717) is 31.9 Å². The molecule has 50 heavy (non-hydrogen) atoms. The van der Waals surface area contributed by atoms with Gasteiger partial charge in [-0.3, -0.25) is 19.6 Å². The standard InChI is InChI=1S/C40H41N7O3/c1-24-32(5-3-7-34(24)36-18-28-9-10-30(43-38(28)45-36)22-47-15-12-29(21-47)40(49)50)33-6-4-8-35(25(33)2)44-39-37-27(11-14-41-39)17-26(19-42-37)20-46-16-13-31(48)23-46/h3-11,14,17-19,29,31,48H,12-13,15-16,20-23H2,1-2H3,(H,41,44)(H,43,45)(H,49,50)/t29?,31-/m1/s1. The van der Waals surface area contributed by atoms with Gasteiger partial charge >= 0.3 is 5.97 Å². The maximum Gasteiger partial charge on any atom is 0.307 e. The number of carboxylic acid groups (broad SMARTS) is 1. The number of nitrogens with one attached hydrogen (secondary N) is 2. The van der Waals surface area contributed by atoms with Gasteiger partial charge in [-0.15, -0.1) is 0 Å². The number of hydrogen-bond donors (Lipinski definition) is 4. The summed E-state index contributed by atoms with van der Waals surface area (Å²) in [6.07, 6.45) is 5.01. The number of aromatic nitrogens is 4. The Morgan fingerprint density at radius 2 is 1.66 bits per heavy atom. The van der Waals surface area contributed by atoms with E-state index < -0.39 is 5.97 Å². The minimum atomic E-state index is -0.717. The maximum absolute atomic E-state index is 11.4. The van der Waals surface area contributed by atoms with E-state index in [9.17, 15) is 15.0 Å². The minimum absolute atomic E-state index is 0.239. The van der Waals surface area contributed by atoms with Crippen molar-refractivity contribution in [2.24, 2.45) is 5.92 Å². The molecule has 10 nitrogen and oxygen atoms in total. The Morgan fingerprint density at radius 3 is 2.46 bits per heavy atom. The third kappa shape index (κ3) is 6.33. The maximum atomic E-state index is 11.4. The highest BCUT2D eigenvalue weighted by molar-refractivity contribution is 5.91. The number of fused-ring (bicyclic) bond motifs is 2. The molecule has 0 saturated carbocycles. The fourth-order valence-electron chi connectivity index (χ4n) is 7.59. The Labute approximate surface area is 290 Å². The molecule has 1 unspecified atom stereocenters. The van der Waals surface area contributed by atoms with Crippen molar-refractivity contribution in [1.29, 1.82) is 0 Å². The Balaban J connectivity index is 1.04. The highest BCUT2D eigenvalue weighted by atomic mass is 16.4. The van der Waals surface area contributed by atoms with E-state index in [1.165, 1.54) is 5.56 Å². The topological polar surface area (TPSA) is 130 Å². The molecule has 4 N–H and O–H groups in total. The number of aliphatic hydroxyl groups is 1. The van der Waals surface area contributed by atoms with Gasteiger partial charge in [-0.25, -0.2) is 9.97 Å². The van der Waals surface area contributed by atoms with E-state index in [0.717, 1.165) is 92.9 Å². The fourth-order valence-corrected chi connectivity index (χ4v) is 7.59. The molecule has 6 aromatic rings. The number of β-amino-alcohol motifs (C(OH)–C–C–N with tert-alkyl or cyclic N) is 1. The summed E-state index contributed by atoms with van der Waals surface area (Å²) in [5.41, 5.74) is 11.4. The molecule has 2 fully saturated rings. The number of aliphatic hydroxyl groups excluding tert-OH is 1. The Kier molecular flexibility index (Phi) is 8.52. The first-order valence-corrected chi connectivity index (χ1v) is 17.3. The van der Waals surface area contributed by atoms with Crippen LogP contribution < -0.4 is 5.32 Å². The summed E-state index contributed by atoms with van der Waals surface area (Å²) in [6.45, 7) is 8.66. The van der Waals surface area contributed by atoms with Crippen LogP contribution >= 0.6 is 0 Å². The Morgan fingerprint density at radius 1 is 0.880 bits per heavy atom. The van der Waals surface area contributed by atoms with E-state index in [1.807, 2.05) is 24.5 Å². The summed E-state index contributed by atoms with van der Waals surface area (Å²) in [5, 5.41) is 24.9. The van der Waals surface area contributed by atoms with Crippen molar-refractivity contribution in [1.82, 2.24) is 29.7 Å². The Hall–Kier alpha value is -5.16. The van der Waals surface area contributed by atoms with Gasteiger partial charge in [-0.05, 0) is 97.4 Å². The molecule has 2 aliphatic rings. The number of H-pyrrole nitrogens is 1. The number of likely N-dealkylation sites (tertiary alicyclic amines) is 2. The molecular weight excluding hydrogens is 626 g/mol. The smallest absolute Gasteiger partial charge is 0.307 e. The van der Waals surface area contributed by atoms with Gasteiger partial charge in [0.05, 0.1) is 17.7 Å². The van der Waals surface area contributed by atoms with Crippen molar-refractivity contribution in [3.8, 4) is 22.4 Å². The number of carbonyl (C=O) groups is 1. The molecule has 2 aliphatic heterocycles. The molecule has 2 atom stereocenters. The number of benzene rings is 2. The first kappa shape index (κ1) is 32.1. The van der Waals surface area contributed by atoms with E-state index in [-0.39, 0.29) is 12.0 Å². The molecule has 4 aromatic heterocycles. The number of anilines is 2. The van der Waals surface area contributed by atoms with Gasteiger partial charge in [-0.2, -0.15) is 0 Å². The second-order valence-corrected chi connectivity index (χ2v) is 13.8. The largest absolute Gasteiger partial charge is 0.481 e. The van der Waals surface area contributed by atoms with E-state index >= 15 is 0 Å². The van der Waals surface area contributed by atoms with Crippen LogP contribution in [-0.4, -0.2) is 78.2 Å². The van der Waals surface area contributed by atoms with Crippen LogP contribution in [0.25, 0.3) is 44.3 Å². The lowest BCUT2D eigenvalue weighted by atomic mass is 9.92. The van der Waals surface area contributed by atoms with Gasteiger partial charge in [0.1, 0.15) is 11.2 Å². The van der Waals surface area contributed by atoms with Crippen LogP contribution in [0.2, 0.25) is 0 Å². The third-order valence-electron chi connectivity index (χ3n) is 10.4. The van der Waals surface area contributed by atoms with E-state index in [2.05, 4.69) is 93.5 Å². The van der Waals surface area contributed by atoms with Crippen molar-refractivity contribution in [3.63, 3.8) is 0 Å². The van der Waals surface area contributed by atoms with Gasteiger partial charge < -0.3 is 20.5 Å². The van der Waals surface area contributed by atoms with Gasteiger partial charge in [0.25, 0.3) is 0 Å². The number of nitrogens with zero attached hydrogens (tertiary/aromatic N) is 5. The third-order valence-corrected chi connectivity index (χ3v) is 10.4. The molecule has 8 rings (SSSR count). The van der Waals surface area contributed by atoms with Gasteiger partial charge in [0.2, 0.25) is 0 Å². The lowest BCUT2D eigenvalue weighted by Crippen LogP contribution is -2.23. The normalized spacial score (nSPS) is 18.4. The van der Waals surface area contributed by atoms with E-state index in [1.54, 1.807) is 0 Å². The van der Waals surface area contributed by atoms with Crippen LogP contribution in [0.4, 0.5) is 11.5 Å². The van der Waals surface area contributed by atoms with Gasteiger partial charge in [-0.1, -0.05) is 30.3 Å². The average Bonchev–Trinajstić information content (AvgIpc) is 3.86. The number of aromatic amines is 1. The van der Waals surface area contributed by atoms with E-state index in [4.69, 9.17) is 9.97 Å². The van der Waals surface area contributed by atoms with Crippen LogP contribution in [0.1, 0.15) is 35.2 Å². The summed E-state index contributed by atoms with van der Waals surface area (Å²) in [6, 6.07) is 23.2. The van der Waals surface area contributed by atoms with Crippen molar-refractivity contribution in [2.75, 3.05) is 31.5 Å². The van der Waals surface area contributed by atoms with Crippen LogP contribution in [-0.2, 0) is 17.9 Å². The molecule has 2 saturated heterocycles. The predicted octanol–water partition coefficient (Wildman–Crippen LogP) is 6.67. The predicted molar refractivity (Wildman–Crippen MR) is 196 cm³/mol. The lowest BCUT2D eigenvalue weighted by Gasteiger charge is -2.17. The number of rotatable bonds is 9. The summed E-state index contributed by atoms with van der Waals surface area (Å²) in [7, 11) is 0. The van der Waals surface area contributed by atoms with Crippen molar-refractivity contribution in [3.05, 3.63) is 102 Å². The summed E-state index contributed by atoms with van der Waals surface area (Å²) >= 11 is 0. The quantitative estimate of drug-likeness (QED) is 0.134. The molecular formula is C40H41N7O3. The molecule has 2 aromatic carbocycles. The number of hydrogen-bond acceptors (Lipinski definition) is 8. The number of pyridine rings is 3.